The average Bonchev–Trinajstić information content (AvgIpc) is 3.09. The van der Waals surface area contributed by atoms with Crippen LogP contribution in [0.25, 0.3) is 0 Å². The third-order valence-corrected chi connectivity index (χ3v) is 6.49. The number of esters is 1. The molecule has 1 saturated carbocycles. The van der Waals surface area contributed by atoms with Gasteiger partial charge in [0.05, 0.1) is 18.2 Å². The molecule has 4 rings (SSSR count). The average molecular weight is 483 g/mol. The number of benzene rings is 2. The van der Waals surface area contributed by atoms with E-state index in [2.05, 4.69) is 21.2 Å². The van der Waals surface area contributed by atoms with Crippen molar-refractivity contribution >= 4 is 33.5 Å². The quantitative estimate of drug-likeness (QED) is 0.544. The van der Waals surface area contributed by atoms with Gasteiger partial charge in [-0.2, -0.15) is 0 Å². The van der Waals surface area contributed by atoms with Crippen LogP contribution in [0.4, 0.5) is 5.69 Å². The van der Waals surface area contributed by atoms with Crippen LogP contribution in [0.1, 0.15) is 50.6 Å². The fraction of sp³-hybridized carbons (Fsp3) is 0.360. The van der Waals surface area contributed by atoms with Gasteiger partial charge in [0.1, 0.15) is 5.70 Å². The first-order valence-corrected chi connectivity index (χ1v) is 11.7. The first kappa shape index (κ1) is 21.6. The molecule has 2 aromatic rings. The van der Waals surface area contributed by atoms with E-state index < -0.39 is 12.0 Å². The Labute approximate surface area is 191 Å². The van der Waals surface area contributed by atoms with Crippen molar-refractivity contribution < 1.29 is 14.3 Å². The lowest BCUT2D eigenvalue weighted by molar-refractivity contribution is -0.139. The first-order chi connectivity index (χ1) is 15.1. The Morgan fingerprint density at radius 2 is 1.74 bits per heavy atom. The Morgan fingerprint density at radius 3 is 2.39 bits per heavy atom. The van der Waals surface area contributed by atoms with Crippen LogP contribution in [0, 0.1) is 0 Å². The molecule has 0 aromatic heterocycles. The molecular formula is C25H27BrN2O3. The number of hydrogen-bond acceptors (Lipinski definition) is 4. The number of anilines is 1. The molecule has 0 saturated heterocycles. The SMILES string of the molecule is CCOC(=O)C1=C(Nc2ccc(Br)cc2)C(=O)N(C2CCCCC2)C1c1ccccc1. The second-order valence-corrected chi connectivity index (χ2v) is 8.87. The number of hydrogen-bond donors (Lipinski definition) is 1. The van der Waals surface area contributed by atoms with Gasteiger partial charge >= 0.3 is 5.97 Å². The minimum atomic E-state index is -0.450. The number of nitrogens with zero attached hydrogens (tertiary/aromatic N) is 1. The lowest BCUT2D eigenvalue weighted by Crippen LogP contribution is -2.41. The third kappa shape index (κ3) is 4.54. The normalized spacial score (nSPS) is 19.6. The summed E-state index contributed by atoms with van der Waals surface area (Å²) in [5.74, 6) is -0.575. The lowest BCUT2D eigenvalue weighted by atomic mass is 9.91. The van der Waals surface area contributed by atoms with Crippen LogP contribution in [0.15, 0.2) is 70.3 Å². The van der Waals surface area contributed by atoms with E-state index in [0.29, 0.717) is 11.3 Å². The van der Waals surface area contributed by atoms with Crippen molar-refractivity contribution in [2.24, 2.45) is 0 Å². The van der Waals surface area contributed by atoms with E-state index in [0.717, 1.165) is 41.4 Å². The van der Waals surface area contributed by atoms with Gasteiger partial charge < -0.3 is 15.0 Å². The van der Waals surface area contributed by atoms with Crippen molar-refractivity contribution in [2.75, 3.05) is 11.9 Å². The van der Waals surface area contributed by atoms with Crippen LogP contribution in [0.3, 0.4) is 0 Å². The zero-order valence-electron chi connectivity index (χ0n) is 17.6. The molecule has 1 unspecified atom stereocenters. The Hall–Kier alpha value is -2.60. The summed E-state index contributed by atoms with van der Waals surface area (Å²) in [5, 5.41) is 3.24. The molecule has 1 aliphatic carbocycles. The highest BCUT2D eigenvalue weighted by molar-refractivity contribution is 9.10. The summed E-state index contributed by atoms with van der Waals surface area (Å²) < 4.78 is 6.37. The Bertz CT molecular complexity index is 966. The summed E-state index contributed by atoms with van der Waals surface area (Å²) in [6, 6.07) is 17.0. The molecule has 1 amide bonds. The molecule has 1 atom stereocenters. The molecule has 6 heteroatoms. The number of amides is 1. The van der Waals surface area contributed by atoms with Crippen LogP contribution in [-0.2, 0) is 14.3 Å². The standard InChI is InChI=1S/C25H27BrN2O3/c1-2-31-25(30)21-22(27-19-15-13-18(26)14-16-19)24(29)28(20-11-7-4-8-12-20)23(21)17-9-5-3-6-10-17/h3,5-6,9-10,13-16,20,23,27H,2,4,7-8,11-12H2,1H3. The number of ether oxygens (including phenoxy) is 1. The van der Waals surface area contributed by atoms with E-state index in [1.165, 1.54) is 6.42 Å². The monoisotopic (exact) mass is 482 g/mol. The van der Waals surface area contributed by atoms with Gasteiger partial charge in [-0.05, 0) is 49.6 Å². The molecule has 162 valence electrons. The van der Waals surface area contributed by atoms with E-state index in [-0.39, 0.29) is 18.6 Å². The summed E-state index contributed by atoms with van der Waals surface area (Å²) in [7, 11) is 0. The van der Waals surface area contributed by atoms with Crippen molar-refractivity contribution in [3.63, 3.8) is 0 Å². The van der Waals surface area contributed by atoms with Gasteiger partial charge in [-0.25, -0.2) is 4.79 Å². The van der Waals surface area contributed by atoms with E-state index in [1.54, 1.807) is 6.92 Å². The minimum Gasteiger partial charge on any atom is -0.463 e. The molecule has 2 aromatic carbocycles. The molecule has 0 radical (unpaired) electrons. The highest BCUT2D eigenvalue weighted by Gasteiger charge is 2.47. The summed E-state index contributed by atoms with van der Waals surface area (Å²) in [6.45, 7) is 2.04. The topological polar surface area (TPSA) is 58.6 Å². The lowest BCUT2D eigenvalue weighted by Gasteiger charge is -2.36. The number of rotatable bonds is 6. The van der Waals surface area contributed by atoms with Gasteiger partial charge in [0.15, 0.2) is 0 Å². The van der Waals surface area contributed by atoms with Crippen molar-refractivity contribution in [3.05, 3.63) is 75.9 Å². The smallest absolute Gasteiger partial charge is 0.338 e. The number of halogens is 1. The predicted molar refractivity (Wildman–Crippen MR) is 124 cm³/mol. The maximum absolute atomic E-state index is 13.8. The molecule has 31 heavy (non-hydrogen) atoms. The van der Waals surface area contributed by atoms with E-state index in [9.17, 15) is 9.59 Å². The van der Waals surface area contributed by atoms with Crippen molar-refractivity contribution in [1.82, 2.24) is 4.90 Å². The third-order valence-electron chi connectivity index (χ3n) is 5.96. The fourth-order valence-electron chi connectivity index (χ4n) is 4.56. The molecule has 1 heterocycles. The molecule has 1 N–H and O–H groups in total. The van der Waals surface area contributed by atoms with Crippen molar-refractivity contribution in [1.29, 1.82) is 0 Å². The molecule has 5 nitrogen and oxygen atoms in total. The minimum absolute atomic E-state index is 0.111. The molecular weight excluding hydrogens is 456 g/mol. The van der Waals surface area contributed by atoms with Gasteiger partial charge in [0.25, 0.3) is 5.91 Å². The second kappa shape index (κ2) is 9.69. The predicted octanol–water partition coefficient (Wildman–Crippen LogP) is 5.59. The second-order valence-electron chi connectivity index (χ2n) is 7.96. The van der Waals surface area contributed by atoms with Crippen molar-refractivity contribution in [3.8, 4) is 0 Å². The molecule has 2 aliphatic rings. The zero-order chi connectivity index (χ0) is 21.8. The van der Waals surface area contributed by atoms with E-state index >= 15 is 0 Å². The van der Waals surface area contributed by atoms with Crippen LogP contribution in [-0.4, -0.2) is 29.4 Å². The van der Waals surface area contributed by atoms with Crippen LogP contribution in [0.2, 0.25) is 0 Å². The zero-order valence-corrected chi connectivity index (χ0v) is 19.2. The maximum Gasteiger partial charge on any atom is 0.338 e. The number of nitrogens with one attached hydrogen (secondary N) is 1. The van der Waals surface area contributed by atoms with Gasteiger partial charge in [-0.15, -0.1) is 0 Å². The van der Waals surface area contributed by atoms with Gasteiger partial charge in [-0.1, -0.05) is 65.5 Å². The molecule has 1 fully saturated rings. The highest BCUT2D eigenvalue weighted by Crippen LogP contribution is 2.43. The molecule has 0 bridgehead atoms. The highest BCUT2D eigenvalue weighted by atomic mass is 79.9. The molecule has 0 spiro atoms. The van der Waals surface area contributed by atoms with Crippen LogP contribution >= 0.6 is 15.9 Å². The van der Waals surface area contributed by atoms with Crippen LogP contribution < -0.4 is 5.32 Å². The van der Waals surface area contributed by atoms with Crippen molar-refractivity contribution in [2.45, 2.75) is 51.1 Å². The number of carbonyl (C=O) groups excluding carboxylic acids is 2. The van der Waals surface area contributed by atoms with Gasteiger partial charge in [0, 0.05) is 16.2 Å². The first-order valence-electron chi connectivity index (χ1n) is 10.9. The number of carbonyl (C=O) groups is 2. The Balaban J connectivity index is 1.81. The van der Waals surface area contributed by atoms with Gasteiger partial charge in [0.2, 0.25) is 0 Å². The van der Waals surface area contributed by atoms with E-state index in [1.807, 2.05) is 59.5 Å². The van der Waals surface area contributed by atoms with Crippen LogP contribution in [0.5, 0.6) is 0 Å². The largest absolute Gasteiger partial charge is 0.463 e. The summed E-state index contributed by atoms with van der Waals surface area (Å²) >= 11 is 3.44. The van der Waals surface area contributed by atoms with Gasteiger partial charge in [-0.3, -0.25) is 4.79 Å². The van der Waals surface area contributed by atoms with E-state index in [4.69, 9.17) is 4.74 Å². The fourth-order valence-corrected chi connectivity index (χ4v) is 4.82. The molecule has 1 aliphatic heterocycles. The summed E-state index contributed by atoms with van der Waals surface area (Å²) in [6.07, 6.45) is 5.30. The summed E-state index contributed by atoms with van der Waals surface area (Å²) in [4.78, 5) is 28.8. The maximum atomic E-state index is 13.8. The Morgan fingerprint density at radius 1 is 1.06 bits per heavy atom. The Kier molecular flexibility index (Phi) is 6.76. The summed E-state index contributed by atoms with van der Waals surface area (Å²) in [5.41, 5.74) is 2.40.